The van der Waals surface area contributed by atoms with Crippen LogP contribution in [0.3, 0.4) is 0 Å². The molecule has 0 saturated carbocycles. The van der Waals surface area contributed by atoms with Crippen molar-refractivity contribution in [1.29, 1.82) is 0 Å². The van der Waals surface area contributed by atoms with E-state index >= 15 is 0 Å². The molecule has 0 aromatic heterocycles. The van der Waals surface area contributed by atoms with E-state index in [2.05, 4.69) is 20.8 Å². The van der Waals surface area contributed by atoms with E-state index in [4.69, 9.17) is 0 Å². The van der Waals surface area contributed by atoms with Crippen molar-refractivity contribution in [2.75, 3.05) is 6.26 Å². The van der Waals surface area contributed by atoms with E-state index in [-0.39, 0.29) is 10.3 Å². The van der Waals surface area contributed by atoms with Crippen molar-refractivity contribution in [2.24, 2.45) is 5.41 Å². The molecule has 1 aromatic carbocycles. The molecule has 0 spiro atoms. The van der Waals surface area contributed by atoms with Crippen LogP contribution in [0.25, 0.3) is 0 Å². The standard InChI is InChI=1S/C14H22O3S/c1-14(2,3)9-8-13(15)11-6-5-7-12(10-11)18(4,16)17/h5-7,10,13,15H,8-9H2,1-4H3. The Morgan fingerprint density at radius 2 is 1.89 bits per heavy atom. The van der Waals surface area contributed by atoms with Crippen LogP contribution in [0.5, 0.6) is 0 Å². The second-order valence-corrected chi connectivity index (χ2v) is 7.98. The van der Waals surface area contributed by atoms with Crippen molar-refractivity contribution in [3.63, 3.8) is 0 Å². The third-order valence-corrected chi connectivity index (χ3v) is 3.95. The number of aliphatic hydroxyl groups excluding tert-OH is 1. The molecule has 0 bridgehead atoms. The summed E-state index contributed by atoms with van der Waals surface area (Å²) in [6, 6.07) is 6.55. The molecule has 3 nitrogen and oxygen atoms in total. The molecule has 0 saturated heterocycles. The Morgan fingerprint density at radius 1 is 1.28 bits per heavy atom. The highest BCUT2D eigenvalue weighted by atomic mass is 32.2. The first-order chi connectivity index (χ1) is 8.09. The highest BCUT2D eigenvalue weighted by Gasteiger charge is 2.16. The maximum atomic E-state index is 11.4. The van der Waals surface area contributed by atoms with Crippen molar-refractivity contribution < 1.29 is 13.5 Å². The van der Waals surface area contributed by atoms with Gasteiger partial charge >= 0.3 is 0 Å². The van der Waals surface area contributed by atoms with Crippen LogP contribution in [-0.2, 0) is 9.84 Å². The summed E-state index contributed by atoms with van der Waals surface area (Å²) < 4.78 is 22.9. The molecule has 102 valence electrons. The van der Waals surface area contributed by atoms with Gasteiger partial charge in [0, 0.05) is 6.26 Å². The Hall–Kier alpha value is -0.870. The van der Waals surface area contributed by atoms with Gasteiger partial charge in [0.15, 0.2) is 9.84 Å². The minimum atomic E-state index is -3.21. The van der Waals surface area contributed by atoms with E-state index in [0.29, 0.717) is 12.0 Å². The molecule has 0 amide bonds. The van der Waals surface area contributed by atoms with Crippen LogP contribution in [0, 0.1) is 5.41 Å². The summed E-state index contributed by atoms with van der Waals surface area (Å²) in [5.74, 6) is 0. The first-order valence-electron chi connectivity index (χ1n) is 6.08. The number of hydrogen-bond donors (Lipinski definition) is 1. The molecule has 0 aliphatic heterocycles. The molecule has 1 aromatic rings. The molecule has 1 rings (SSSR count). The van der Waals surface area contributed by atoms with Gasteiger partial charge < -0.3 is 5.11 Å². The van der Waals surface area contributed by atoms with Crippen LogP contribution < -0.4 is 0 Å². The van der Waals surface area contributed by atoms with E-state index in [1.165, 1.54) is 6.26 Å². The van der Waals surface area contributed by atoms with Crippen LogP contribution in [0.15, 0.2) is 29.2 Å². The van der Waals surface area contributed by atoms with Gasteiger partial charge in [-0.1, -0.05) is 32.9 Å². The predicted molar refractivity (Wildman–Crippen MR) is 73.2 cm³/mol. The van der Waals surface area contributed by atoms with Gasteiger partial charge in [-0.05, 0) is 36.0 Å². The molecule has 0 radical (unpaired) electrons. The highest BCUT2D eigenvalue weighted by Crippen LogP contribution is 2.28. The predicted octanol–water partition coefficient (Wildman–Crippen LogP) is 2.95. The second kappa shape index (κ2) is 5.41. The van der Waals surface area contributed by atoms with Crippen LogP contribution in [0.2, 0.25) is 0 Å². The van der Waals surface area contributed by atoms with E-state index in [9.17, 15) is 13.5 Å². The molecule has 0 aliphatic carbocycles. The number of rotatable bonds is 4. The third kappa shape index (κ3) is 4.78. The zero-order valence-electron chi connectivity index (χ0n) is 11.5. The maximum Gasteiger partial charge on any atom is 0.175 e. The first kappa shape index (κ1) is 15.2. The third-order valence-electron chi connectivity index (χ3n) is 2.84. The average Bonchev–Trinajstić information content (AvgIpc) is 2.24. The molecular formula is C14H22O3S. The summed E-state index contributed by atoms with van der Waals surface area (Å²) >= 11 is 0. The summed E-state index contributed by atoms with van der Waals surface area (Å²) in [6.07, 6.45) is 2.09. The van der Waals surface area contributed by atoms with Crippen molar-refractivity contribution in [3.05, 3.63) is 29.8 Å². The Bertz CT molecular complexity index is 498. The molecule has 0 heterocycles. The van der Waals surface area contributed by atoms with Crippen molar-refractivity contribution >= 4 is 9.84 Å². The van der Waals surface area contributed by atoms with E-state index in [1.807, 2.05) is 0 Å². The lowest BCUT2D eigenvalue weighted by atomic mass is 9.88. The highest BCUT2D eigenvalue weighted by molar-refractivity contribution is 7.90. The van der Waals surface area contributed by atoms with Crippen LogP contribution in [-0.4, -0.2) is 19.8 Å². The summed E-state index contributed by atoms with van der Waals surface area (Å²) in [5.41, 5.74) is 0.831. The van der Waals surface area contributed by atoms with Crippen LogP contribution >= 0.6 is 0 Å². The van der Waals surface area contributed by atoms with Gasteiger partial charge in [0.25, 0.3) is 0 Å². The topological polar surface area (TPSA) is 54.4 Å². The molecule has 18 heavy (non-hydrogen) atoms. The molecule has 0 fully saturated rings. The van der Waals surface area contributed by atoms with Gasteiger partial charge in [-0.25, -0.2) is 8.42 Å². The average molecular weight is 270 g/mol. The Labute approximate surface area is 110 Å². The summed E-state index contributed by atoms with van der Waals surface area (Å²) in [5, 5.41) is 10.1. The van der Waals surface area contributed by atoms with Gasteiger partial charge in [-0.2, -0.15) is 0 Å². The lowest BCUT2D eigenvalue weighted by Crippen LogP contribution is -2.08. The van der Waals surface area contributed by atoms with E-state index < -0.39 is 15.9 Å². The van der Waals surface area contributed by atoms with Crippen molar-refractivity contribution in [2.45, 2.75) is 44.6 Å². The second-order valence-electron chi connectivity index (χ2n) is 5.96. The summed E-state index contributed by atoms with van der Waals surface area (Å²) in [4.78, 5) is 0.259. The fraction of sp³-hybridized carbons (Fsp3) is 0.571. The van der Waals surface area contributed by atoms with Crippen molar-refractivity contribution in [1.82, 2.24) is 0 Å². The number of aliphatic hydroxyl groups is 1. The van der Waals surface area contributed by atoms with Gasteiger partial charge in [-0.3, -0.25) is 0 Å². The van der Waals surface area contributed by atoms with E-state index in [0.717, 1.165) is 6.42 Å². The van der Waals surface area contributed by atoms with Gasteiger partial charge in [-0.15, -0.1) is 0 Å². The number of sulfone groups is 1. The van der Waals surface area contributed by atoms with E-state index in [1.54, 1.807) is 24.3 Å². The van der Waals surface area contributed by atoms with Gasteiger partial charge in [0.05, 0.1) is 11.0 Å². The fourth-order valence-electron chi connectivity index (χ4n) is 1.69. The first-order valence-corrected chi connectivity index (χ1v) is 7.97. The Kier molecular flexibility index (Phi) is 4.56. The smallest absolute Gasteiger partial charge is 0.175 e. The minimum Gasteiger partial charge on any atom is -0.388 e. The summed E-state index contributed by atoms with van der Waals surface area (Å²) in [6.45, 7) is 6.35. The SMILES string of the molecule is CC(C)(C)CCC(O)c1cccc(S(C)(=O)=O)c1. The number of benzene rings is 1. The lowest BCUT2D eigenvalue weighted by molar-refractivity contribution is 0.147. The Morgan fingerprint density at radius 3 is 2.39 bits per heavy atom. The monoisotopic (exact) mass is 270 g/mol. The zero-order chi connectivity index (χ0) is 14.0. The zero-order valence-corrected chi connectivity index (χ0v) is 12.3. The summed E-state index contributed by atoms with van der Waals surface area (Å²) in [7, 11) is -3.21. The Balaban J connectivity index is 2.84. The van der Waals surface area contributed by atoms with Crippen LogP contribution in [0.1, 0.15) is 45.3 Å². The van der Waals surface area contributed by atoms with Crippen LogP contribution in [0.4, 0.5) is 0 Å². The quantitative estimate of drug-likeness (QED) is 0.915. The molecular weight excluding hydrogens is 248 g/mol. The lowest BCUT2D eigenvalue weighted by Gasteiger charge is -2.20. The normalized spacial score (nSPS) is 14.5. The van der Waals surface area contributed by atoms with Crippen molar-refractivity contribution in [3.8, 4) is 0 Å². The molecule has 1 N–H and O–H groups in total. The molecule has 4 heteroatoms. The van der Waals surface area contributed by atoms with Gasteiger partial charge in [0.2, 0.25) is 0 Å². The molecule has 1 unspecified atom stereocenters. The minimum absolute atomic E-state index is 0.162. The largest absolute Gasteiger partial charge is 0.388 e. The maximum absolute atomic E-state index is 11.4. The molecule has 1 atom stereocenters. The molecule has 0 aliphatic rings. The fourth-order valence-corrected chi connectivity index (χ4v) is 2.36. The van der Waals surface area contributed by atoms with Gasteiger partial charge in [0.1, 0.15) is 0 Å². The number of hydrogen-bond acceptors (Lipinski definition) is 3.